The van der Waals surface area contributed by atoms with E-state index < -0.39 is 0 Å². The number of halogens is 1. The van der Waals surface area contributed by atoms with E-state index in [4.69, 9.17) is 11.2 Å². The van der Waals surface area contributed by atoms with Crippen LogP contribution in [-0.4, -0.2) is 6.61 Å². The van der Waals surface area contributed by atoms with Crippen molar-refractivity contribution >= 4 is 11.4 Å². The molecule has 0 aliphatic carbocycles. The zero-order valence-electron chi connectivity index (χ0n) is 19.5. The second-order valence-corrected chi connectivity index (χ2v) is 8.36. The van der Waals surface area contributed by atoms with Crippen LogP contribution in [0.25, 0.3) is 0 Å². The van der Waals surface area contributed by atoms with Crippen LogP contribution in [0, 0.1) is 25.1 Å². The Balaban J connectivity index is 1.67. The Kier molecular flexibility index (Phi) is 8.33. The molecule has 0 radical (unpaired) electrons. The summed E-state index contributed by atoms with van der Waals surface area (Å²) in [4.78, 5) is 0. The van der Waals surface area contributed by atoms with E-state index in [1.54, 1.807) is 6.08 Å². The Morgan fingerprint density at radius 2 is 1.82 bits per heavy atom. The van der Waals surface area contributed by atoms with Crippen LogP contribution in [-0.2, 0) is 11.8 Å². The van der Waals surface area contributed by atoms with Crippen molar-refractivity contribution in [3.8, 4) is 18.1 Å². The average Bonchev–Trinajstić information content (AvgIpc) is 2.84. The third-order valence-electron chi connectivity index (χ3n) is 6.08. The lowest BCUT2D eigenvalue weighted by molar-refractivity contribution is 0.362. The number of benzene rings is 3. The summed E-state index contributed by atoms with van der Waals surface area (Å²) in [6.07, 6.45) is 11.2. The molecule has 170 valence electrons. The molecule has 3 aromatic rings. The monoisotopic (exact) mass is 441 g/mol. The van der Waals surface area contributed by atoms with Crippen LogP contribution in [0.2, 0.25) is 0 Å². The first-order chi connectivity index (χ1) is 16.0. The normalized spacial score (nSPS) is 12.4. The predicted molar refractivity (Wildman–Crippen MR) is 137 cm³/mol. The van der Waals surface area contributed by atoms with Gasteiger partial charge in [-0.1, -0.05) is 61.4 Å². The van der Waals surface area contributed by atoms with Crippen molar-refractivity contribution in [1.82, 2.24) is 0 Å². The molecule has 0 saturated heterocycles. The van der Waals surface area contributed by atoms with Gasteiger partial charge in [0.1, 0.15) is 18.2 Å². The fourth-order valence-electron chi connectivity index (χ4n) is 4.02. The van der Waals surface area contributed by atoms with Gasteiger partial charge in [-0.15, -0.1) is 6.42 Å². The number of terminal acetylenes is 1. The quantitative estimate of drug-likeness (QED) is 0.243. The summed E-state index contributed by atoms with van der Waals surface area (Å²) < 4.78 is 20.0. The standard InChI is InChI=1S/C30H32FNO/c1-5-21-33-27-17-13-25(14-18-27)30(6-2,7-3)20-8-9-24-12-19-28(31)29(22-24)32-26-15-10-23(4)11-16-26/h2,5,10-19,22,32H,1,7-9,20-21H2,3-4H3. The summed E-state index contributed by atoms with van der Waals surface area (Å²) in [5, 5.41) is 3.19. The highest BCUT2D eigenvalue weighted by atomic mass is 19.1. The summed E-state index contributed by atoms with van der Waals surface area (Å²) in [6.45, 7) is 8.31. The fourth-order valence-corrected chi connectivity index (χ4v) is 4.02. The molecule has 0 fully saturated rings. The molecule has 0 bridgehead atoms. The largest absolute Gasteiger partial charge is 0.490 e. The lowest BCUT2D eigenvalue weighted by Gasteiger charge is -2.28. The highest BCUT2D eigenvalue weighted by Gasteiger charge is 2.27. The molecular formula is C30H32FNO. The smallest absolute Gasteiger partial charge is 0.146 e. The molecular weight excluding hydrogens is 409 g/mol. The first kappa shape index (κ1) is 24.1. The molecule has 0 aliphatic rings. The van der Waals surface area contributed by atoms with E-state index in [2.05, 4.69) is 36.9 Å². The maximum absolute atomic E-state index is 14.4. The third-order valence-corrected chi connectivity index (χ3v) is 6.08. The Morgan fingerprint density at radius 1 is 1.09 bits per heavy atom. The second kappa shape index (κ2) is 11.4. The van der Waals surface area contributed by atoms with Gasteiger partial charge in [0.05, 0.1) is 11.1 Å². The molecule has 3 aromatic carbocycles. The van der Waals surface area contributed by atoms with Crippen LogP contribution in [0.4, 0.5) is 15.8 Å². The topological polar surface area (TPSA) is 21.3 Å². The van der Waals surface area contributed by atoms with Gasteiger partial charge in [-0.25, -0.2) is 4.39 Å². The summed E-state index contributed by atoms with van der Waals surface area (Å²) in [7, 11) is 0. The predicted octanol–water partition coefficient (Wildman–Crippen LogP) is 7.75. The number of aryl methyl sites for hydroxylation is 2. The number of rotatable bonds is 11. The van der Waals surface area contributed by atoms with Crippen molar-refractivity contribution in [3.05, 3.63) is 102 Å². The maximum atomic E-state index is 14.4. The Hall–Kier alpha value is -3.51. The number of ether oxygens (including phenoxy) is 1. The van der Waals surface area contributed by atoms with E-state index >= 15 is 0 Å². The minimum Gasteiger partial charge on any atom is -0.490 e. The van der Waals surface area contributed by atoms with Crippen molar-refractivity contribution in [2.75, 3.05) is 11.9 Å². The summed E-state index contributed by atoms with van der Waals surface area (Å²) >= 11 is 0. The summed E-state index contributed by atoms with van der Waals surface area (Å²) in [6, 6.07) is 21.2. The first-order valence-electron chi connectivity index (χ1n) is 11.4. The lowest BCUT2D eigenvalue weighted by atomic mass is 9.75. The molecule has 0 saturated carbocycles. The van der Waals surface area contributed by atoms with E-state index in [1.165, 1.54) is 11.6 Å². The summed E-state index contributed by atoms with van der Waals surface area (Å²) in [5.74, 6) is 3.61. The minimum atomic E-state index is -0.333. The average molecular weight is 442 g/mol. The first-order valence-corrected chi connectivity index (χ1v) is 11.4. The van der Waals surface area contributed by atoms with E-state index in [1.807, 2.05) is 55.5 Å². The van der Waals surface area contributed by atoms with Gasteiger partial charge >= 0.3 is 0 Å². The van der Waals surface area contributed by atoms with Crippen molar-refractivity contribution < 1.29 is 9.13 Å². The molecule has 0 aliphatic heterocycles. The summed E-state index contributed by atoms with van der Waals surface area (Å²) in [5.41, 5.74) is 4.40. The Bertz CT molecular complexity index is 1100. The van der Waals surface area contributed by atoms with Crippen LogP contribution in [0.15, 0.2) is 79.4 Å². The van der Waals surface area contributed by atoms with E-state index in [0.717, 1.165) is 48.2 Å². The van der Waals surface area contributed by atoms with Gasteiger partial charge in [0.15, 0.2) is 0 Å². The van der Waals surface area contributed by atoms with Gasteiger partial charge in [-0.2, -0.15) is 0 Å². The zero-order valence-corrected chi connectivity index (χ0v) is 19.5. The molecule has 1 unspecified atom stereocenters. The van der Waals surface area contributed by atoms with Crippen molar-refractivity contribution in [2.24, 2.45) is 0 Å². The van der Waals surface area contributed by atoms with Gasteiger partial charge in [0, 0.05) is 5.69 Å². The molecule has 3 rings (SSSR count). The number of hydrogen-bond acceptors (Lipinski definition) is 2. The van der Waals surface area contributed by atoms with Gasteiger partial charge in [-0.3, -0.25) is 0 Å². The fraction of sp³-hybridized carbons (Fsp3) is 0.267. The second-order valence-electron chi connectivity index (χ2n) is 8.36. The van der Waals surface area contributed by atoms with Gasteiger partial charge in [-0.05, 0) is 80.1 Å². The van der Waals surface area contributed by atoms with Gasteiger partial charge in [0.2, 0.25) is 0 Å². The molecule has 1 atom stereocenters. The van der Waals surface area contributed by atoms with Crippen LogP contribution >= 0.6 is 0 Å². The number of nitrogens with one attached hydrogen (secondary N) is 1. The SMILES string of the molecule is C#CC(CC)(CCCc1ccc(F)c(Nc2ccc(C)cc2)c1)c1ccc(OCC=C)cc1. The van der Waals surface area contributed by atoms with Crippen LogP contribution in [0.1, 0.15) is 42.9 Å². The van der Waals surface area contributed by atoms with E-state index in [-0.39, 0.29) is 11.2 Å². The highest BCUT2D eigenvalue weighted by Crippen LogP contribution is 2.34. The molecule has 0 spiro atoms. The molecule has 0 aromatic heterocycles. The van der Waals surface area contributed by atoms with Gasteiger partial charge < -0.3 is 10.1 Å². The molecule has 0 amide bonds. The highest BCUT2D eigenvalue weighted by molar-refractivity contribution is 5.61. The molecule has 0 heterocycles. The van der Waals surface area contributed by atoms with Crippen LogP contribution in [0.5, 0.6) is 5.75 Å². The molecule has 33 heavy (non-hydrogen) atoms. The van der Waals surface area contributed by atoms with Crippen LogP contribution in [0.3, 0.4) is 0 Å². The molecule has 1 N–H and O–H groups in total. The zero-order chi connectivity index (χ0) is 23.7. The Labute approximate surface area is 197 Å². The van der Waals surface area contributed by atoms with Crippen molar-refractivity contribution in [1.29, 1.82) is 0 Å². The van der Waals surface area contributed by atoms with Crippen LogP contribution < -0.4 is 10.1 Å². The third kappa shape index (κ3) is 6.26. The van der Waals surface area contributed by atoms with Gasteiger partial charge in [0.25, 0.3) is 0 Å². The Morgan fingerprint density at radius 3 is 2.45 bits per heavy atom. The van der Waals surface area contributed by atoms with E-state index in [9.17, 15) is 4.39 Å². The lowest BCUT2D eigenvalue weighted by Crippen LogP contribution is -2.23. The minimum absolute atomic E-state index is 0.260. The van der Waals surface area contributed by atoms with E-state index in [0.29, 0.717) is 12.3 Å². The number of anilines is 2. The van der Waals surface area contributed by atoms with Crippen molar-refractivity contribution in [2.45, 2.75) is 44.9 Å². The number of hydrogen-bond donors (Lipinski definition) is 1. The van der Waals surface area contributed by atoms with Crippen molar-refractivity contribution in [3.63, 3.8) is 0 Å². The molecule has 2 nitrogen and oxygen atoms in total. The molecule has 3 heteroatoms. The maximum Gasteiger partial charge on any atom is 0.146 e.